The SMILES string of the molecule is O=C(c1cc(O)cc(O)c1)N1CCN(C(=O)c2cc(O)cc(O)c2)CC1. The molecule has 2 aromatic carbocycles. The number of rotatable bonds is 2. The molecule has 0 bridgehead atoms. The highest BCUT2D eigenvalue weighted by Crippen LogP contribution is 2.23. The summed E-state index contributed by atoms with van der Waals surface area (Å²) in [5, 5.41) is 38.0. The van der Waals surface area contributed by atoms with E-state index in [1.54, 1.807) is 0 Å². The molecule has 8 nitrogen and oxygen atoms in total. The topological polar surface area (TPSA) is 122 Å². The van der Waals surface area contributed by atoms with Gasteiger partial charge in [0, 0.05) is 49.4 Å². The van der Waals surface area contributed by atoms with E-state index >= 15 is 0 Å². The van der Waals surface area contributed by atoms with Gasteiger partial charge in [-0.3, -0.25) is 9.59 Å². The number of benzene rings is 2. The van der Waals surface area contributed by atoms with Crippen LogP contribution in [0.25, 0.3) is 0 Å². The minimum absolute atomic E-state index is 0.167. The first kappa shape index (κ1) is 17.4. The van der Waals surface area contributed by atoms with Gasteiger partial charge in [-0.05, 0) is 24.3 Å². The lowest BCUT2D eigenvalue weighted by Crippen LogP contribution is -2.50. The van der Waals surface area contributed by atoms with Crippen LogP contribution in [0.1, 0.15) is 20.7 Å². The molecular weight excluding hydrogens is 340 g/mol. The van der Waals surface area contributed by atoms with Gasteiger partial charge in [-0.1, -0.05) is 0 Å². The fraction of sp³-hybridized carbons (Fsp3) is 0.222. The van der Waals surface area contributed by atoms with Crippen molar-refractivity contribution in [3.63, 3.8) is 0 Å². The Kier molecular flexibility index (Phi) is 4.57. The lowest BCUT2D eigenvalue weighted by molar-refractivity contribution is 0.0535. The van der Waals surface area contributed by atoms with Gasteiger partial charge in [-0.25, -0.2) is 0 Å². The van der Waals surface area contributed by atoms with Gasteiger partial charge < -0.3 is 30.2 Å². The summed E-state index contributed by atoms with van der Waals surface area (Å²) in [7, 11) is 0. The normalized spacial score (nSPS) is 14.3. The number of amides is 2. The average Bonchev–Trinajstić information content (AvgIpc) is 2.59. The second-order valence-corrected chi connectivity index (χ2v) is 6.06. The van der Waals surface area contributed by atoms with E-state index in [1.165, 1.54) is 34.1 Å². The van der Waals surface area contributed by atoms with Crippen LogP contribution in [-0.4, -0.2) is 68.2 Å². The Morgan fingerprint density at radius 2 is 0.846 bits per heavy atom. The van der Waals surface area contributed by atoms with Crippen LogP contribution in [0.3, 0.4) is 0 Å². The van der Waals surface area contributed by atoms with Crippen LogP contribution in [0.4, 0.5) is 0 Å². The number of hydrogen-bond donors (Lipinski definition) is 4. The van der Waals surface area contributed by atoms with E-state index in [4.69, 9.17) is 0 Å². The van der Waals surface area contributed by atoms with E-state index in [0.29, 0.717) is 0 Å². The molecule has 8 heteroatoms. The molecule has 1 saturated heterocycles. The van der Waals surface area contributed by atoms with Crippen LogP contribution < -0.4 is 0 Å². The number of piperazine rings is 1. The average molecular weight is 358 g/mol. The van der Waals surface area contributed by atoms with Crippen molar-refractivity contribution in [2.75, 3.05) is 26.2 Å². The van der Waals surface area contributed by atoms with Crippen molar-refractivity contribution in [2.24, 2.45) is 0 Å². The van der Waals surface area contributed by atoms with Gasteiger partial charge in [-0.15, -0.1) is 0 Å². The first-order chi connectivity index (χ1) is 12.3. The third-order valence-corrected chi connectivity index (χ3v) is 4.15. The van der Waals surface area contributed by atoms with E-state index in [0.717, 1.165) is 12.1 Å². The second-order valence-electron chi connectivity index (χ2n) is 6.06. The van der Waals surface area contributed by atoms with Crippen LogP contribution in [-0.2, 0) is 0 Å². The summed E-state index contributed by atoms with van der Waals surface area (Å²) in [6, 6.07) is 7.37. The minimum atomic E-state index is -0.349. The fourth-order valence-electron chi connectivity index (χ4n) is 2.92. The van der Waals surface area contributed by atoms with Gasteiger partial charge in [0.15, 0.2) is 0 Å². The fourth-order valence-corrected chi connectivity index (χ4v) is 2.92. The smallest absolute Gasteiger partial charge is 0.254 e. The summed E-state index contributed by atoms with van der Waals surface area (Å²) in [5.41, 5.74) is 0.334. The number of nitrogens with zero attached hydrogens (tertiary/aromatic N) is 2. The standard InChI is InChI=1S/C18H18N2O6/c21-13-5-11(6-14(22)9-13)17(25)19-1-2-20(4-3-19)18(26)12-7-15(23)10-16(24)8-12/h5-10,21-24H,1-4H2. The first-order valence-corrected chi connectivity index (χ1v) is 7.98. The Morgan fingerprint density at radius 1 is 0.577 bits per heavy atom. The summed E-state index contributed by atoms with van der Waals surface area (Å²) >= 11 is 0. The Hall–Kier alpha value is -3.42. The van der Waals surface area contributed by atoms with Gasteiger partial charge in [-0.2, -0.15) is 0 Å². The summed E-state index contributed by atoms with van der Waals surface area (Å²) in [5.74, 6) is -1.51. The highest BCUT2D eigenvalue weighted by Gasteiger charge is 2.26. The maximum atomic E-state index is 12.5. The van der Waals surface area contributed by atoms with E-state index < -0.39 is 0 Å². The largest absolute Gasteiger partial charge is 0.508 e. The van der Waals surface area contributed by atoms with Crippen LogP contribution >= 0.6 is 0 Å². The maximum absolute atomic E-state index is 12.5. The van der Waals surface area contributed by atoms with Gasteiger partial charge in [0.25, 0.3) is 11.8 Å². The molecule has 1 fully saturated rings. The van der Waals surface area contributed by atoms with Crippen LogP contribution in [0.15, 0.2) is 36.4 Å². The molecule has 26 heavy (non-hydrogen) atoms. The molecule has 1 aliphatic heterocycles. The number of carbonyl (C=O) groups is 2. The molecular formula is C18H18N2O6. The van der Waals surface area contributed by atoms with E-state index in [-0.39, 0.29) is 72.1 Å². The molecule has 3 rings (SSSR count). The van der Waals surface area contributed by atoms with Crippen LogP contribution in [0.2, 0.25) is 0 Å². The molecule has 136 valence electrons. The van der Waals surface area contributed by atoms with E-state index in [2.05, 4.69) is 0 Å². The van der Waals surface area contributed by atoms with Crippen molar-refractivity contribution < 1.29 is 30.0 Å². The van der Waals surface area contributed by atoms with Crippen molar-refractivity contribution in [1.82, 2.24) is 9.80 Å². The molecule has 0 unspecified atom stereocenters. The number of hydrogen-bond acceptors (Lipinski definition) is 6. The molecule has 0 radical (unpaired) electrons. The van der Waals surface area contributed by atoms with Gasteiger partial charge in [0.05, 0.1) is 0 Å². The third kappa shape index (κ3) is 3.64. The molecule has 0 aliphatic carbocycles. The van der Waals surface area contributed by atoms with Crippen LogP contribution in [0, 0.1) is 0 Å². The summed E-state index contributed by atoms with van der Waals surface area (Å²) in [6.07, 6.45) is 0. The third-order valence-electron chi connectivity index (χ3n) is 4.15. The summed E-state index contributed by atoms with van der Waals surface area (Å²) < 4.78 is 0. The molecule has 0 spiro atoms. The Bertz CT molecular complexity index is 747. The molecule has 0 atom stereocenters. The van der Waals surface area contributed by atoms with E-state index in [1.807, 2.05) is 0 Å². The zero-order valence-electron chi connectivity index (χ0n) is 13.8. The van der Waals surface area contributed by atoms with Crippen molar-refractivity contribution in [2.45, 2.75) is 0 Å². The second kappa shape index (κ2) is 6.83. The lowest BCUT2D eigenvalue weighted by Gasteiger charge is -2.35. The van der Waals surface area contributed by atoms with Gasteiger partial charge in [0.1, 0.15) is 23.0 Å². The minimum Gasteiger partial charge on any atom is -0.508 e. The number of phenols is 4. The molecule has 2 aromatic rings. The van der Waals surface area contributed by atoms with Crippen molar-refractivity contribution in [1.29, 1.82) is 0 Å². The predicted molar refractivity (Wildman–Crippen MR) is 91.4 cm³/mol. The van der Waals surface area contributed by atoms with E-state index in [9.17, 15) is 30.0 Å². The Morgan fingerprint density at radius 3 is 1.12 bits per heavy atom. The molecule has 4 N–H and O–H groups in total. The molecule has 0 aromatic heterocycles. The quantitative estimate of drug-likeness (QED) is 0.638. The summed E-state index contributed by atoms with van der Waals surface area (Å²) in [6.45, 7) is 1.13. The van der Waals surface area contributed by atoms with Crippen LogP contribution in [0.5, 0.6) is 23.0 Å². The highest BCUT2D eigenvalue weighted by atomic mass is 16.3. The highest BCUT2D eigenvalue weighted by molar-refractivity contribution is 5.96. The zero-order valence-corrected chi connectivity index (χ0v) is 13.8. The monoisotopic (exact) mass is 358 g/mol. The van der Waals surface area contributed by atoms with Crippen molar-refractivity contribution in [3.05, 3.63) is 47.5 Å². The molecule has 0 saturated carbocycles. The number of carbonyl (C=O) groups excluding carboxylic acids is 2. The Balaban J connectivity index is 1.67. The predicted octanol–water partition coefficient (Wildman–Crippen LogP) is 1.11. The molecule has 1 aliphatic rings. The zero-order chi connectivity index (χ0) is 18.8. The number of phenolic OH excluding ortho intramolecular Hbond substituents is 4. The molecule has 2 amide bonds. The van der Waals surface area contributed by atoms with Crippen molar-refractivity contribution >= 4 is 11.8 Å². The van der Waals surface area contributed by atoms with Gasteiger partial charge >= 0.3 is 0 Å². The van der Waals surface area contributed by atoms with Gasteiger partial charge in [0.2, 0.25) is 0 Å². The molecule has 1 heterocycles. The maximum Gasteiger partial charge on any atom is 0.254 e. The number of aromatic hydroxyl groups is 4. The first-order valence-electron chi connectivity index (χ1n) is 7.98. The summed E-state index contributed by atoms with van der Waals surface area (Å²) in [4.78, 5) is 28.0. The lowest BCUT2D eigenvalue weighted by atomic mass is 10.1. The van der Waals surface area contributed by atoms with Crippen molar-refractivity contribution in [3.8, 4) is 23.0 Å². The Labute approximate surface area is 149 Å².